The molecule has 3 N–H and O–H groups in total. The van der Waals surface area contributed by atoms with Crippen molar-refractivity contribution in [1.82, 2.24) is 4.90 Å². The third-order valence-corrected chi connectivity index (χ3v) is 4.94. The second-order valence-corrected chi connectivity index (χ2v) is 6.05. The highest BCUT2D eigenvalue weighted by atomic mass is 16.4. The SMILES string of the molecule is NC1(Cc2ccccc2)CC12CCN(C(=O)O)CC2. The number of rotatable bonds is 2. The quantitative estimate of drug-likeness (QED) is 0.855. The third kappa shape index (κ3) is 2.10. The van der Waals surface area contributed by atoms with Gasteiger partial charge in [-0.05, 0) is 36.7 Å². The first-order valence-corrected chi connectivity index (χ1v) is 6.85. The number of piperidine rings is 1. The molecule has 1 aliphatic heterocycles. The predicted octanol–water partition coefficient (Wildman–Crippen LogP) is 2.09. The van der Waals surface area contributed by atoms with Crippen LogP contribution in [0.2, 0.25) is 0 Å². The molecule has 2 fully saturated rings. The van der Waals surface area contributed by atoms with Crippen LogP contribution in [-0.4, -0.2) is 34.7 Å². The maximum Gasteiger partial charge on any atom is 0.407 e. The van der Waals surface area contributed by atoms with Gasteiger partial charge >= 0.3 is 6.09 Å². The van der Waals surface area contributed by atoms with Gasteiger partial charge in [-0.1, -0.05) is 30.3 Å². The molecule has 2 aliphatic rings. The summed E-state index contributed by atoms with van der Waals surface area (Å²) < 4.78 is 0. The molecule has 1 amide bonds. The molecule has 1 saturated heterocycles. The molecular weight excluding hydrogens is 240 g/mol. The smallest absolute Gasteiger partial charge is 0.407 e. The zero-order chi connectivity index (χ0) is 13.5. The number of hydrogen-bond acceptors (Lipinski definition) is 2. The van der Waals surface area contributed by atoms with Gasteiger partial charge < -0.3 is 15.7 Å². The number of hydrogen-bond donors (Lipinski definition) is 2. The molecular formula is C15H20N2O2. The lowest BCUT2D eigenvalue weighted by molar-refractivity contribution is 0.115. The molecule has 19 heavy (non-hydrogen) atoms. The molecule has 1 aromatic carbocycles. The number of carbonyl (C=O) groups is 1. The molecule has 3 rings (SSSR count). The fraction of sp³-hybridized carbons (Fsp3) is 0.533. The second kappa shape index (κ2) is 4.23. The minimum Gasteiger partial charge on any atom is -0.465 e. The van der Waals surface area contributed by atoms with E-state index in [-0.39, 0.29) is 11.0 Å². The van der Waals surface area contributed by atoms with E-state index >= 15 is 0 Å². The Hall–Kier alpha value is -1.55. The fourth-order valence-electron chi connectivity index (χ4n) is 3.57. The van der Waals surface area contributed by atoms with Crippen molar-refractivity contribution in [2.45, 2.75) is 31.2 Å². The highest BCUT2D eigenvalue weighted by molar-refractivity contribution is 5.65. The van der Waals surface area contributed by atoms with Gasteiger partial charge in [0.05, 0.1) is 0 Å². The van der Waals surface area contributed by atoms with Crippen LogP contribution in [0, 0.1) is 5.41 Å². The maximum atomic E-state index is 10.9. The van der Waals surface area contributed by atoms with E-state index < -0.39 is 6.09 Å². The topological polar surface area (TPSA) is 66.6 Å². The summed E-state index contributed by atoms with van der Waals surface area (Å²) >= 11 is 0. The van der Waals surface area contributed by atoms with Crippen molar-refractivity contribution in [3.8, 4) is 0 Å². The summed E-state index contributed by atoms with van der Waals surface area (Å²) in [5, 5.41) is 8.99. The van der Waals surface area contributed by atoms with E-state index in [0.717, 1.165) is 25.7 Å². The van der Waals surface area contributed by atoms with Crippen LogP contribution in [0.4, 0.5) is 4.79 Å². The Kier molecular flexibility index (Phi) is 2.78. The number of carboxylic acid groups (broad SMARTS) is 1. The van der Waals surface area contributed by atoms with Gasteiger partial charge in [0.1, 0.15) is 0 Å². The molecule has 1 aliphatic carbocycles. The van der Waals surface area contributed by atoms with Gasteiger partial charge in [0.2, 0.25) is 0 Å². The standard InChI is InChI=1S/C15H20N2O2/c16-15(10-12-4-2-1-3-5-12)11-14(15)6-8-17(9-7-14)13(18)19/h1-5H,6-11,16H2,(H,18,19). The van der Waals surface area contributed by atoms with Crippen molar-refractivity contribution in [3.63, 3.8) is 0 Å². The molecule has 1 unspecified atom stereocenters. The van der Waals surface area contributed by atoms with Gasteiger partial charge in [-0.3, -0.25) is 0 Å². The molecule has 0 aromatic heterocycles. The monoisotopic (exact) mass is 260 g/mol. The average Bonchev–Trinajstić information content (AvgIpc) is 2.94. The van der Waals surface area contributed by atoms with Crippen LogP contribution in [0.5, 0.6) is 0 Å². The van der Waals surface area contributed by atoms with Crippen molar-refractivity contribution < 1.29 is 9.90 Å². The minimum absolute atomic E-state index is 0.126. The first kappa shape index (κ1) is 12.5. The van der Waals surface area contributed by atoms with Gasteiger partial charge in [0.15, 0.2) is 0 Å². The van der Waals surface area contributed by atoms with Crippen molar-refractivity contribution in [3.05, 3.63) is 35.9 Å². The maximum absolute atomic E-state index is 10.9. The Bertz CT molecular complexity index is 480. The Balaban J connectivity index is 1.65. The summed E-state index contributed by atoms with van der Waals surface area (Å²) in [4.78, 5) is 12.4. The number of nitrogens with two attached hydrogens (primary N) is 1. The molecule has 1 spiro atoms. The molecule has 0 bridgehead atoms. The van der Waals surface area contributed by atoms with Crippen LogP contribution in [0.1, 0.15) is 24.8 Å². The zero-order valence-electron chi connectivity index (χ0n) is 11.0. The summed E-state index contributed by atoms with van der Waals surface area (Å²) in [6.45, 7) is 1.26. The number of nitrogens with zero attached hydrogens (tertiary/aromatic N) is 1. The molecule has 1 saturated carbocycles. The van der Waals surface area contributed by atoms with Crippen molar-refractivity contribution in [2.24, 2.45) is 11.1 Å². The highest BCUT2D eigenvalue weighted by Crippen LogP contribution is 2.62. The van der Waals surface area contributed by atoms with Gasteiger partial charge in [0.25, 0.3) is 0 Å². The summed E-state index contributed by atoms with van der Waals surface area (Å²) in [5.74, 6) is 0. The molecule has 1 aromatic rings. The molecule has 4 heteroatoms. The third-order valence-electron chi connectivity index (χ3n) is 4.94. The molecule has 1 heterocycles. The zero-order valence-corrected chi connectivity index (χ0v) is 11.0. The summed E-state index contributed by atoms with van der Waals surface area (Å²) in [7, 11) is 0. The summed E-state index contributed by atoms with van der Waals surface area (Å²) in [5.41, 5.74) is 7.87. The van der Waals surface area contributed by atoms with Gasteiger partial charge in [-0.15, -0.1) is 0 Å². The molecule has 0 radical (unpaired) electrons. The van der Waals surface area contributed by atoms with Crippen LogP contribution in [0.15, 0.2) is 30.3 Å². The van der Waals surface area contributed by atoms with E-state index in [1.165, 1.54) is 10.5 Å². The Labute approximate surface area is 113 Å². The van der Waals surface area contributed by atoms with E-state index in [9.17, 15) is 4.79 Å². The van der Waals surface area contributed by atoms with Crippen LogP contribution < -0.4 is 5.73 Å². The van der Waals surface area contributed by atoms with Gasteiger partial charge in [0, 0.05) is 18.6 Å². The molecule has 4 nitrogen and oxygen atoms in total. The highest BCUT2D eigenvalue weighted by Gasteiger charge is 2.64. The molecule has 102 valence electrons. The van der Waals surface area contributed by atoms with Crippen LogP contribution in [-0.2, 0) is 6.42 Å². The fourth-order valence-corrected chi connectivity index (χ4v) is 3.57. The Morgan fingerprint density at radius 2 is 1.89 bits per heavy atom. The van der Waals surface area contributed by atoms with E-state index in [2.05, 4.69) is 12.1 Å². The van der Waals surface area contributed by atoms with E-state index in [1.807, 2.05) is 18.2 Å². The number of amides is 1. The Morgan fingerprint density at radius 1 is 1.26 bits per heavy atom. The first-order valence-electron chi connectivity index (χ1n) is 6.85. The first-order chi connectivity index (χ1) is 9.05. The lowest BCUT2D eigenvalue weighted by Crippen LogP contribution is -2.43. The minimum atomic E-state index is -0.804. The summed E-state index contributed by atoms with van der Waals surface area (Å²) in [6.07, 6.45) is 2.94. The average molecular weight is 260 g/mol. The molecule has 1 atom stereocenters. The van der Waals surface area contributed by atoms with Crippen LogP contribution in [0.25, 0.3) is 0 Å². The van der Waals surface area contributed by atoms with Crippen molar-refractivity contribution in [2.75, 3.05) is 13.1 Å². The summed E-state index contributed by atoms with van der Waals surface area (Å²) in [6, 6.07) is 10.3. The number of benzene rings is 1. The Morgan fingerprint density at radius 3 is 2.47 bits per heavy atom. The van der Waals surface area contributed by atoms with Gasteiger partial charge in [-0.25, -0.2) is 4.79 Å². The van der Waals surface area contributed by atoms with Gasteiger partial charge in [-0.2, -0.15) is 0 Å². The number of likely N-dealkylation sites (tertiary alicyclic amines) is 1. The predicted molar refractivity (Wildman–Crippen MR) is 72.9 cm³/mol. The normalized spacial score (nSPS) is 28.4. The second-order valence-electron chi connectivity index (χ2n) is 6.05. The van der Waals surface area contributed by atoms with Crippen molar-refractivity contribution >= 4 is 6.09 Å². The largest absolute Gasteiger partial charge is 0.465 e. The van der Waals surface area contributed by atoms with Crippen LogP contribution in [0.3, 0.4) is 0 Å². The van der Waals surface area contributed by atoms with E-state index in [1.54, 1.807) is 0 Å². The van der Waals surface area contributed by atoms with Crippen LogP contribution >= 0.6 is 0 Å². The van der Waals surface area contributed by atoms with E-state index in [4.69, 9.17) is 10.8 Å². The van der Waals surface area contributed by atoms with Crippen molar-refractivity contribution in [1.29, 1.82) is 0 Å². The lowest BCUT2D eigenvalue weighted by Gasteiger charge is -2.33. The lowest BCUT2D eigenvalue weighted by atomic mass is 9.86. The van der Waals surface area contributed by atoms with E-state index in [0.29, 0.717) is 13.1 Å².